The molecule has 0 amide bonds. The smallest absolute Gasteiger partial charge is 0.174 e. The molecular weight excluding hydrogens is 277 g/mol. The number of fused-ring (bicyclic) bond motifs is 1. The summed E-state index contributed by atoms with van der Waals surface area (Å²) in [5.41, 5.74) is 2.31. The molecule has 0 spiro atoms. The minimum absolute atomic E-state index is 0.155. The molecule has 0 saturated heterocycles. The van der Waals surface area contributed by atoms with Gasteiger partial charge in [-0.1, -0.05) is 23.7 Å². The summed E-state index contributed by atoms with van der Waals surface area (Å²) >= 11 is 5.87. The van der Waals surface area contributed by atoms with Crippen molar-refractivity contribution in [3.05, 3.63) is 59.1 Å². The highest BCUT2D eigenvalue weighted by Crippen LogP contribution is 2.27. The van der Waals surface area contributed by atoms with E-state index in [0.717, 1.165) is 5.56 Å². The number of nitriles is 1. The molecule has 2 heterocycles. The monoisotopic (exact) mass is 285 g/mol. The first-order valence-electron chi connectivity index (χ1n) is 5.99. The van der Waals surface area contributed by atoms with Crippen molar-refractivity contribution in [1.82, 2.24) is 9.38 Å². The highest BCUT2D eigenvalue weighted by atomic mass is 35.5. The van der Waals surface area contributed by atoms with Crippen LogP contribution in [0.5, 0.6) is 0 Å². The highest BCUT2D eigenvalue weighted by Gasteiger charge is 2.15. The van der Waals surface area contributed by atoms with Crippen LogP contribution in [0.2, 0.25) is 5.02 Å². The summed E-state index contributed by atoms with van der Waals surface area (Å²) in [7, 11) is 0. The average molecular weight is 286 g/mol. The Labute approximate surface area is 119 Å². The maximum Gasteiger partial charge on any atom is 0.174 e. The molecule has 5 heteroatoms. The molecule has 3 rings (SSSR count). The largest absolute Gasteiger partial charge is 0.300 e. The molecule has 0 aliphatic carbocycles. The predicted molar refractivity (Wildman–Crippen MR) is 74.9 cm³/mol. The van der Waals surface area contributed by atoms with E-state index in [1.54, 1.807) is 28.8 Å². The van der Waals surface area contributed by atoms with Gasteiger partial charge in [0.1, 0.15) is 0 Å². The Kier molecular flexibility index (Phi) is 3.13. The van der Waals surface area contributed by atoms with Crippen LogP contribution in [0.3, 0.4) is 0 Å². The Bertz CT molecular complexity index is 815. The van der Waals surface area contributed by atoms with Gasteiger partial charge < -0.3 is 0 Å². The summed E-state index contributed by atoms with van der Waals surface area (Å²) < 4.78 is 15.4. The molecule has 0 saturated carbocycles. The van der Waals surface area contributed by atoms with E-state index >= 15 is 0 Å². The third-order valence-electron chi connectivity index (χ3n) is 3.07. The quantitative estimate of drug-likeness (QED) is 0.717. The molecular formula is C15H9ClFN3. The van der Waals surface area contributed by atoms with Gasteiger partial charge in [0, 0.05) is 16.8 Å². The number of imidazole rings is 1. The SMILES string of the molecule is N#CCc1c(-c2ccc(Cl)cc2)nc2c(F)cccn12. The van der Waals surface area contributed by atoms with Crippen molar-refractivity contribution in [3.63, 3.8) is 0 Å². The maximum absolute atomic E-state index is 13.8. The summed E-state index contributed by atoms with van der Waals surface area (Å²) in [6.07, 6.45) is 1.86. The van der Waals surface area contributed by atoms with Crippen molar-refractivity contribution in [3.8, 4) is 17.3 Å². The molecule has 0 fully saturated rings. The molecule has 0 bridgehead atoms. The lowest BCUT2D eigenvalue weighted by atomic mass is 10.1. The Morgan fingerprint density at radius 3 is 2.70 bits per heavy atom. The first-order chi connectivity index (χ1) is 9.70. The van der Waals surface area contributed by atoms with Crippen LogP contribution >= 0.6 is 11.6 Å². The van der Waals surface area contributed by atoms with Gasteiger partial charge in [-0.05, 0) is 24.3 Å². The van der Waals surface area contributed by atoms with Crippen molar-refractivity contribution >= 4 is 17.2 Å². The van der Waals surface area contributed by atoms with Gasteiger partial charge >= 0.3 is 0 Å². The van der Waals surface area contributed by atoms with Gasteiger partial charge in [0.15, 0.2) is 11.5 Å². The summed E-state index contributed by atoms with van der Waals surface area (Å²) in [6, 6.07) is 12.1. The van der Waals surface area contributed by atoms with Gasteiger partial charge in [-0.15, -0.1) is 0 Å². The lowest BCUT2D eigenvalue weighted by molar-refractivity contribution is 0.629. The van der Waals surface area contributed by atoms with E-state index in [-0.39, 0.29) is 12.1 Å². The van der Waals surface area contributed by atoms with Gasteiger partial charge in [0.2, 0.25) is 0 Å². The third-order valence-corrected chi connectivity index (χ3v) is 3.32. The van der Waals surface area contributed by atoms with E-state index in [2.05, 4.69) is 11.1 Å². The second-order valence-electron chi connectivity index (χ2n) is 4.30. The molecule has 20 heavy (non-hydrogen) atoms. The van der Waals surface area contributed by atoms with E-state index in [9.17, 15) is 4.39 Å². The molecule has 0 aliphatic heterocycles. The van der Waals surface area contributed by atoms with Crippen LogP contribution < -0.4 is 0 Å². The number of benzene rings is 1. The lowest BCUT2D eigenvalue weighted by Gasteiger charge is -2.01. The number of nitrogens with zero attached hydrogens (tertiary/aromatic N) is 3. The first-order valence-corrected chi connectivity index (χ1v) is 6.37. The summed E-state index contributed by atoms with van der Waals surface area (Å²) in [6.45, 7) is 0. The first kappa shape index (κ1) is 12.6. The second-order valence-corrected chi connectivity index (χ2v) is 4.74. The molecule has 0 atom stereocenters. The van der Waals surface area contributed by atoms with Gasteiger partial charge in [-0.25, -0.2) is 9.37 Å². The van der Waals surface area contributed by atoms with E-state index < -0.39 is 5.82 Å². The van der Waals surface area contributed by atoms with E-state index in [4.69, 9.17) is 16.9 Å². The average Bonchev–Trinajstić information content (AvgIpc) is 2.81. The van der Waals surface area contributed by atoms with Crippen LogP contribution in [0.25, 0.3) is 16.9 Å². The molecule has 98 valence electrons. The molecule has 0 aliphatic rings. The van der Waals surface area contributed by atoms with Crippen molar-refractivity contribution in [1.29, 1.82) is 5.26 Å². The van der Waals surface area contributed by atoms with Crippen LogP contribution in [-0.2, 0) is 6.42 Å². The topological polar surface area (TPSA) is 41.1 Å². The van der Waals surface area contributed by atoms with Crippen molar-refractivity contribution < 1.29 is 4.39 Å². The molecule has 0 N–H and O–H groups in total. The molecule has 1 aromatic carbocycles. The number of hydrogen-bond acceptors (Lipinski definition) is 2. The Balaban J connectivity index is 2.29. The summed E-state index contributed by atoms with van der Waals surface area (Å²) in [5.74, 6) is -0.410. The van der Waals surface area contributed by atoms with Gasteiger partial charge in [0.05, 0.1) is 23.9 Å². The van der Waals surface area contributed by atoms with Gasteiger partial charge in [-0.3, -0.25) is 4.40 Å². The van der Waals surface area contributed by atoms with Gasteiger partial charge in [-0.2, -0.15) is 5.26 Å². The van der Waals surface area contributed by atoms with Crippen molar-refractivity contribution in [2.75, 3.05) is 0 Å². The zero-order valence-electron chi connectivity index (χ0n) is 10.3. The summed E-state index contributed by atoms with van der Waals surface area (Å²) in [5, 5.41) is 9.59. The zero-order valence-corrected chi connectivity index (χ0v) is 11.1. The van der Waals surface area contributed by atoms with Crippen molar-refractivity contribution in [2.24, 2.45) is 0 Å². The normalized spacial score (nSPS) is 10.7. The lowest BCUT2D eigenvalue weighted by Crippen LogP contribution is -1.94. The fraction of sp³-hybridized carbons (Fsp3) is 0.0667. The zero-order chi connectivity index (χ0) is 14.1. The van der Waals surface area contributed by atoms with Crippen LogP contribution in [0.1, 0.15) is 5.69 Å². The number of rotatable bonds is 2. The highest BCUT2D eigenvalue weighted by molar-refractivity contribution is 6.30. The Morgan fingerprint density at radius 1 is 1.25 bits per heavy atom. The third kappa shape index (κ3) is 2.02. The Morgan fingerprint density at radius 2 is 2.00 bits per heavy atom. The predicted octanol–water partition coefficient (Wildman–Crippen LogP) is 3.86. The minimum atomic E-state index is -0.410. The molecule has 2 aromatic heterocycles. The number of halogens is 2. The molecule has 3 aromatic rings. The standard InChI is InChI=1S/C15H9ClFN3/c16-11-5-3-10(4-6-11)14-13(7-8-18)20-9-1-2-12(17)15(20)19-14/h1-6,9H,7H2. The van der Waals surface area contributed by atoms with Gasteiger partial charge in [0.25, 0.3) is 0 Å². The second kappa shape index (κ2) is 4.95. The number of hydrogen-bond donors (Lipinski definition) is 0. The fourth-order valence-corrected chi connectivity index (χ4v) is 2.29. The maximum atomic E-state index is 13.8. The molecule has 0 unspecified atom stereocenters. The van der Waals surface area contributed by atoms with Crippen LogP contribution in [0.4, 0.5) is 4.39 Å². The van der Waals surface area contributed by atoms with Crippen LogP contribution in [0, 0.1) is 17.1 Å². The van der Waals surface area contributed by atoms with E-state index in [0.29, 0.717) is 16.4 Å². The van der Waals surface area contributed by atoms with E-state index in [1.807, 2.05) is 12.1 Å². The summed E-state index contributed by atoms with van der Waals surface area (Å²) in [4.78, 5) is 4.32. The van der Waals surface area contributed by atoms with E-state index in [1.165, 1.54) is 6.07 Å². The van der Waals surface area contributed by atoms with Crippen LogP contribution in [0.15, 0.2) is 42.6 Å². The Hall–Kier alpha value is -2.38. The number of aromatic nitrogens is 2. The number of pyridine rings is 1. The van der Waals surface area contributed by atoms with Crippen LogP contribution in [-0.4, -0.2) is 9.38 Å². The van der Waals surface area contributed by atoms with Crippen molar-refractivity contribution in [2.45, 2.75) is 6.42 Å². The minimum Gasteiger partial charge on any atom is -0.300 e. The molecule has 0 radical (unpaired) electrons. The fourth-order valence-electron chi connectivity index (χ4n) is 2.17. The molecule has 3 nitrogen and oxygen atoms in total.